The minimum atomic E-state index is 0.319. The number of nitrogens with zero attached hydrogens (tertiary/aromatic N) is 4. The highest BCUT2D eigenvalue weighted by Gasteiger charge is 2.20. The Bertz CT molecular complexity index is 3570. The molecule has 0 saturated carbocycles. The van der Waals surface area contributed by atoms with E-state index in [0.717, 1.165) is 84.3 Å². The second kappa shape index (κ2) is 23.4. The molecule has 10 rings (SSSR count). The molecule has 2 aliphatic carbocycles. The van der Waals surface area contributed by atoms with Gasteiger partial charge in [0, 0.05) is 40.3 Å². The number of rotatable bonds is 16. The molecule has 2 aliphatic rings. The molecule has 0 spiro atoms. The molecule has 75 heavy (non-hydrogen) atoms. The Morgan fingerprint density at radius 1 is 0.427 bits per heavy atom. The predicted molar refractivity (Wildman–Crippen MR) is 316 cm³/mol. The van der Waals surface area contributed by atoms with Gasteiger partial charge in [-0.1, -0.05) is 176 Å². The van der Waals surface area contributed by atoms with E-state index in [1.54, 1.807) is 18.4 Å². The average Bonchev–Trinajstić information content (AvgIpc) is 3.47. The fourth-order valence-corrected chi connectivity index (χ4v) is 8.87. The SMILES string of the molecule is C\C=C/C(=C\C=C\N/N=C1/C=C(N(c2ccccc2)c2ccc(-c3ccc(-c4ccc(N(C5=C/C(=N/Nc6ccc(-c7ccccc7)cc6)C(=N)C=C5)c5ccccc5)cc4)cc3)cc2)C=CC1=N)c1ccccc1. The van der Waals surface area contributed by atoms with Crippen LogP contribution in [0.2, 0.25) is 0 Å². The molecule has 0 fully saturated rings. The number of benzene rings is 8. The number of hydrogen-bond donors (Lipinski definition) is 4. The maximum atomic E-state index is 8.72. The monoisotopic (exact) mass is 970 g/mol. The Labute approximate surface area is 439 Å². The summed E-state index contributed by atoms with van der Waals surface area (Å²) in [5.41, 5.74) is 23.4. The third-order valence-electron chi connectivity index (χ3n) is 12.7. The van der Waals surface area contributed by atoms with Crippen molar-refractivity contribution in [2.45, 2.75) is 6.92 Å². The van der Waals surface area contributed by atoms with Gasteiger partial charge >= 0.3 is 0 Å². The maximum Gasteiger partial charge on any atom is 0.110 e. The summed E-state index contributed by atoms with van der Waals surface area (Å²) in [6, 6.07) is 75.0. The van der Waals surface area contributed by atoms with Gasteiger partial charge in [0.2, 0.25) is 0 Å². The molecule has 0 amide bonds. The van der Waals surface area contributed by atoms with Crippen LogP contribution in [-0.4, -0.2) is 22.8 Å². The zero-order valence-electron chi connectivity index (χ0n) is 41.4. The van der Waals surface area contributed by atoms with Crippen LogP contribution in [0.1, 0.15) is 12.5 Å². The van der Waals surface area contributed by atoms with Gasteiger partial charge in [0.1, 0.15) is 11.4 Å². The molecule has 0 aliphatic heterocycles. The first kappa shape index (κ1) is 48.4. The summed E-state index contributed by atoms with van der Waals surface area (Å²) >= 11 is 0. The van der Waals surface area contributed by atoms with Gasteiger partial charge in [-0.15, -0.1) is 0 Å². The lowest BCUT2D eigenvalue weighted by molar-refractivity contribution is 0.971. The lowest BCUT2D eigenvalue weighted by atomic mass is 9.99. The van der Waals surface area contributed by atoms with E-state index in [0.29, 0.717) is 22.8 Å². The van der Waals surface area contributed by atoms with E-state index in [-0.39, 0.29) is 0 Å². The standard InChI is InChI=1S/C67H54N8/c1-2-16-49(50-17-7-3-8-18-50)21-15-46-70-72-66-47-62(42-44-64(66)68)74(58-22-11-5-12-23-58)60-38-32-55(33-39-60)52-26-28-53(29-27-52)56-34-40-61(41-35-56)75(59-24-13-6-14-25-59)63-43-45-65(69)67(48-63)73-71-57-36-30-54(31-37-57)51-19-9-4-10-20-51/h2-48,68-71H,1H3/b16-2-,46-15+,49-21+,68-64?,69-65?,72-66-,73-67-. The van der Waals surface area contributed by atoms with Gasteiger partial charge < -0.3 is 9.80 Å². The van der Waals surface area contributed by atoms with Crippen LogP contribution in [0, 0.1) is 10.8 Å². The lowest BCUT2D eigenvalue weighted by Crippen LogP contribution is -2.22. The molecule has 0 heterocycles. The van der Waals surface area contributed by atoms with Crippen LogP contribution >= 0.6 is 0 Å². The topological polar surface area (TPSA) is 103 Å². The third-order valence-corrected chi connectivity index (χ3v) is 12.7. The highest BCUT2D eigenvalue weighted by molar-refractivity contribution is 6.51. The Balaban J connectivity index is 0.842. The first-order valence-corrected chi connectivity index (χ1v) is 24.8. The second-order valence-electron chi connectivity index (χ2n) is 17.7. The minimum absolute atomic E-state index is 0.319. The summed E-state index contributed by atoms with van der Waals surface area (Å²) in [4.78, 5) is 4.36. The van der Waals surface area contributed by atoms with E-state index in [2.05, 4.69) is 170 Å². The summed E-state index contributed by atoms with van der Waals surface area (Å²) < 4.78 is 0. The molecule has 8 aromatic carbocycles. The fourth-order valence-electron chi connectivity index (χ4n) is 8.87. The molecule has 8 heteroatoms. The average molecular weight is 971 g/mol. The molecular weight excluding hydrogens is 917 g/mol. The lowest BCUT2D eigenvalue weighted by Gasteiger charge is -2.28. The quantitative estimate of drug-likeness (QED) is 0.0440. The first-order chi connectivity index (χ1) is 37.0. The highest BCUT2D eigenvalue weighted by atomic mass is 15.3. The maximum absolute atomic E-state index is 8.72. The number of hydrogen-bond acceptors (Lipinski definition) is 8. The first-order valence-electron chi connectivity index (χ1n) is 24.8. The summed E-state index contributed by atoms with van der Waals surface area (Å²) in [6.07, 6.45) is 21.2. The van der Waals surface area contributed by atoms with Gasteiger partial charge in [0.25, 0.3) is 0 Å². The van der Waals surface area contributed by atoms with Crippen LogP contribution in [-0.2, 0) is 0 Å². The number of nitrogens with one attached hydrogen (secondary N) is 4. The molecule has 0 saturated heterocycles. The second-order valence-corrected chi connectivity index (χ2v) is 17.7. The molecule has 0 radical (unpaired) electrons. The van der Waals surface area contributed by atoms with E-state index >= 15 is 0 Å². The third kappa shape index (κ3) is 11.8. The van der Waals surface area contributed by atoms with Crippen molar-refractivity contribution in [3.8, 4) is 33.4 Å². The van der Waals surface area contributed by atoms with Crippen LogP contribution in [0.4, 0.5) is 28.4 Å². The number of anilines is 5. The predicted octanol–water partition coefficient (Wildman–Crippen LogP) is 16.5. The van der Waals surface area contributed by atoms with Gasteiger partial charge in [-0.05, 0) is 155 Å². The smallest absolute Gasteiger partial charge is 0.110 e. The summed E-state index contributed by atoms with van der Waals surface area (Å²) in [5.74, 6) is 0. The van der Waals surface area contributed by atoms with Crippen molar-refractivity contribution in [1.29, 1.82) is 10.8 Å². The molecule has 0 bridgehead atoms. The largest absolute Gasteiger partial charge is 0.310 e. The van der Waals surface area contributed by atoms with E-state index in [1.807, 2.05) is 134 Å². The summed E-state index contributed by atoms with van der Waals surface area (Å²) in [6.45, 7) is 2.01. The minimum Gasteiger partial charge on any atom is -0.310 e. The normalized spacial score (nSPS) is 14.6. The van der Waals surface area contributed by atoms with Crippen LogP contribution < -0.4 is 20.7 Å². The van der Waals surface area contributed by atoms with Crippen molar-refractivity contribution in [3.05, 3.63) is 302 Å². The molecule has 0 atom stereocenters. The fraction of sp³-hybridized carbons (Fsp3) is 0.0149. The van der Waals surface area contributed by atoms with Crippen LogP contribution in [0.5, 0.6) is 0 Å². The van der Waals surface area contributed by atoms with Crippen LogP contribution in [0.15, 0.2) is 307 Å². The van der Waals surface area contributed by atoms with Gasteiger partial charge in [0.15, 0.2) is 0 Å². The van der Waals surface area contributed by atoms with Gasteiger partial charge in [-0.25, -0.2) is 0 Å². The zero-order valence-corrected chi connectivity index (χ0v) is 41.4. The Kier molecular flexibility index (Phi) is 15.1. The molecule has 0 unspecified atom stereocenters. The molecule has 0 aromatic heterocycles. The van der Waals surface area contributed by atoms with E-state index in [9.17, 15) is 0 Å². The number of hydrazone groups is 2. The Morgan fingerprint density at radius 3 is 1.28 bits per heavy atom. The van der Waals surface area contributed by atoms with E-state index < -0.39 is 0 Å². The summed E-state index contributed by atoms with van der Waals surface area (Å²) in [5, 5.41) is 26.7. The molecule has 362 valence electrons. The van der Waals surface area contributed by atoms with E-state index in [4.69, 9.17) is 10.8 Å². The Morgan fingerprint density at radius 2 is 0.813 bits per heavy atom. The summed E-state index contributed by atoms with van der Waals surface area (Å²) in [7, 11) is 0. The molecule has 4 N–H and O–H groups in total. The molecule has 8 nitrogen and oxygen atoms in total. The molecule has 8 aromatic rings. The Hall–Kier alpha value is -10.2. The van der Waals surface area contributed by atoms with Gasteiger partial charge in [0.05, 0.1) is 17.1 Å². The van der Waals surface area contributed by atoms with Crippen molar-refractivity contribution in [2.24, 2.45) is 10.2 Å². The number of allylic oxidation sites excluding steroid dienone is 11. The van der Waals surface area contributed by atoms with Crippen molar-refractivity contribution < 1.29 is 0 Å². The van der Waals surface area contributed by atoms with Crippen molar-refractivity contribution in [2.75, 3.05) is 15.2 Å². The number of para-hydroxylation sites is 2. The van der Waals surface area contributed by atoms with Gasteiger partial charge in [-0.3, -0.25) is 21.7 Å². The van der Waals surface area contributed by atoms with Crippen LogP contribution in [0.25, 0.3) is 39.0 Å². The van der Waals surface area contributed by atoms with Crippen molar-refractivity contribution in [3.63, 3.8) is 0 Å². The van der Waals surface area contributed by atoms with Crippen LogP contribution in [0.3, 0.4) is 0 Å². The highest BCUT2D eigenvalue weighted by Crippen LogP contribution is 2.36. The van der Waals surface area contributed by atoms with Gasteiger partial charge in [-0.2, -0.15) is 10.2 Å². The molecular formula is C67H54N8. The zero-order chi connectivity index (χ0) is 51.2. The van der Waals surface area contributed by atoms with Crippen molar-refractivity contribution in [1.82, 2.24) is 5.43 Å². The van der Waals surface area contributed by atoms with E-state index in [1.165, 1.54) is 0 Å². The van der Waals surface area contributed by atoms with Crippen molar-refractivity contribution >= 4 is 56.9 Å².